The van der Waals surface area contributed by atoms with Gasteiger partial charge in [0.1, 0.15) is 0 Å². The van der Waals surface area contributed by atoms with Gasteiger partial charge in [0.25, 0.3) is 0 Å². The van der Waals surface area contributed by atoms with Crippen molar-refractivity contribution in [2.24, 2.45) is 0 Å². The van der Waals surface area contributed by atoms with Gasteiger partial charge in [0.15, 0.2) is 0 Å². The molecule has 0 amide bonds. The third-order valence-corrected chi connectivity index (χ3v) is 6.56. The highest BCUT2D eigenvalue weighted by Crippen LogP contribution is 2.29. The molecule has 0 bridgehead atoms. The van der Waals surface area contributed by atoms with Gasteiger partial charge in [-0.1, -0.05) is 132 Å². The average Bonchev–Trinajstić information content (AvgIpc) is 2.97. The molecule has 0 N–H and O–H groups in total. The van der Waals surface area contributed by atoms with E-state index >= 15 is 0 Å². The number of fused-ring (bicyclic) bond motifs is 1. The number of unbranched alkanes of at least 4 members (excludes halogenated alkanes) is 3. The molecule has 5 rings (SSSR count). The highest BCUT2D eigenvalue weighted by molar-refractivity contribution is 5.86. The first kappa shape index (κ1) is 27.9. The fourth-order valence-electron chi connectivity index (χ4n) is 4.57. The monoisotopic (exact) mass is 487 g/mol. The lowest BCUT2D eigenvalue weighted by Crippen LogP contribution is -1.88. The van der Waals surface area contributed by atoms with E-state index in [9.17, 15) is 0 Å². The molecule has 5 aromatic rings. The van der Waals surface area contributed by atoms with Crippen LogP contribution in [0.15, 0.2) is 109 Å². The van der Waals surface area contributed by atoms with Crippen LogP contribution in [0.2, 0.25) is 0 Å². The normalized spacial score (nSPS) is 10.4. The molecule has 0 atom stereocenters. The van der Waals surface area contributed by atoms with Crippen molar-refractivity contribution in [3.05, 3.63) is 115 Å². The minimum atomic E-state index is 0. The molecule has 4 aromatic carbocycles. The molecule has 0 unspecified atom stereocenters. The van der Waals surface area contributed by atoms with Gasteiger partial charge in [-0.2, -0.15) is 0 Å². The Hall–Kier alpha value is -3.71. The third-order valence-electron chi connectivity index (χ3n) is 6.56. The maximum absolute atomic E-state index is 4.98. The molecule has 1 heterocycles. The van der Waals surface area contributed by atoms with Gasteiger partial charge in [-0.3, -0.25) is 0 Å². The summed E-state index contributed by atoms with van der Waals surface area (Å²) in [5.74, 6) is 0. The van der Waals surface area contributed by atoms with Crippen molar-refractivity contribution in [1.29, 1.82) is 0 Å². The molecular formula is C36H41N. The summed E-state index contributed by atoms with van der Waals surface area (Å²) in [6, 6.07) is 39.1. The molecule has 0 aliphatic heterocycles. The maximum atomic E-state index is 4.98. The largest absolute Gasteiger partial charge is 0.248 e. The van der Waals surface area contributed by atoms with Gasteiger partial charge >= 0.3 is 0 Å². The van der Waals surface area contributed by atoms with Gasteiger partial charge < -0.3 is 0 Å². The van der Waals surface area contributed by atoms with Crippen LogP contribution in [0.4, 0.5) is 0 Å². The molecule has 0 radical (unpaired) electrons. The number of rotatable bonds is 8. The van der Waals surface area contributed by atoms with E-state index in [-0.39, 0.29) is 7.43 Å². The number of pyridine rings is 1. The minimum Gasteiger partial charge on any atom is -0.248 e. The van der Waals surface area contributed by atoms with Gasteiger partial charge in [0.2, 0.25) is 0 Å². The Morgan fingerprint density at radius 2 is 1.19 bits per heavy atom. The van der Waals surface area contributed by atoms with Crippen LogP contribution >= 0.6 is 0 Å². The van der Waals surface area contributed by atoms with E-state index in [0.29, 0.717) is 0 Å². The first-order valence-corrected chi connectivity index (χ1v) is 13.5. The summed E-state index contributed by atoms with van der Waals surface area (Å²) in [5, 5.41) is 1.16. The molecule has 37 heavy (non-hydrogen) atoms. The van der Waals surface area contributed by atoms with Gasteiger partial charge in [-0.15, -0.1) is 0 Å². The minimum absolute atomic E-state index is 0. The number of nitrogens with zero attached hydrogens (tertiary/aromatic N) is 1. The molecule has 0 aliphatic rings. The van der Waals surface area contributed by atoms with Crippen molar-refractivity contribution in [3.63, 3.8) is 0 Å². The van der Waals surface area contributed by atoms with E-state index in [0.717, 1.165) is 22.2 Å². The standard InChI is InChI=1S/C33H31N.C2H6.CH4/c1-2-3-4-6-10-25-15-17-27(18-16-25)28-13-9-14-30(23-28)32-22-20-31-24-29(19-21-33(31)34-32)26-11-7-5-8-12-26;1-2;/h5,7-9,11-24H,2-4,6,10H2,1H3;1-2H3;1H4. The molecule has 0 saturated carbocycles. The highest BCUT2D eigenvalue weighted by atomic mass is 14.7. The molecular weight excluding hydrogens is 446 g/mol. The van der Waals surface area contributed by atoms with Crippen LogP contribution in [0.3, 0.4) is 0 Å². The van der Waals surface area contributed by atoms with E-state index < -0.39 is 0 Å². The Kier molecular flexibility index (Phi) is 10.6. The van der Waals surface area contributed by atoms with Gasteiger partial charge in [0.05, 0.1) is 11.2 Å². The zero-order valence-corrected chi connectivity index (χ0v) is 21.9. The average molecular weight is 488 g/mol. The van der Waals surface area contributed by atoms with Crippen LogP contribution in [0, 0.1) is 0 Å². The fraction of sp³-hybridized carbons (Fsp3) is 0.250. The summed E-state index contributed by atoms with van der Waals surface area (Å²) in [6.45, 7) is 6.26. The number of hydrogen-bond donors (Lipinski definition) is 0. The van der Waals surface area contributed by atoms with Crippen molar-refractivity contribution in [2.75, 3.05) is 0 Å². The highest BCUT2D eigenvalue weighted by Gasteiger charge is 2.06. The van der Waals surface area contributed by atoms with Crippen molar-refractivity contribution < 1.29 is 0 Å². The number of aromatic nitrogens is 1. The Morgan fingerprint density at radius 3 is 1.95 bits per heavy atom. The van der Waals surface area contributed by atoms with E-state index in [1.54, 1.807) is 0 Å². The van der Waals surface area contributed by atoms with E-state index in [4.69, 9.17) is 4.98 Å². The second-order valence-corrected chi connectivity index (χ2v) is 9.06. The van der Waals surface area contributed by atoms with Crippen molar-refractivity contribution in [3.8, 4) is 33.5 Å². The van der Waals surface area contributed by atoms with Gasteiger partial charge in [-0.05, 0) is 64.9 Å². The molecule has 0 aliphatic carbocycles. The van der Waals surface area contributed by atoms with Crippen molar-refractivity contribution in [1.82, 2.24) is 4.98 Å². The topological polar surface area (TPSA) is 12.9 Å². The van der Waals surface area contributed by atoms with Crippen LogP contribution in [-0.4, -0.2) is 4.98 Å². The predicted molar refractivity (Wildman–Crippen MR) is 164 cm³/mol. The second-order valence-electron chi connectivity index (χ2n) is 9.06. The van der Waals surface area contributed by atoms with Crippen LogP contribution < -0.4 is 0 Å². The van der Waals surface area contributed by atoms with Gasteiger partial charge in [0, 0.05) is 10.9 Å². The zero-order valence-electron chi connectivity index (χ0n) is 21.9. The molecule has 1 nitrogen and oxygen atoms in total. The quantitative estimate of drug-likeness (QED) is 0.198. The lowest BCUT2D eigenvalue weighted by atomic mass is 9.98. The Balaban J connectivity index is 0.00000124. The van der Waals surface area contributed by atoms with E-state index in [2.05, 4.69) is 116 Å². The Morgan fingerprint density at radius 1 is 0.541 bits per heavy atom. The Bertz CT molecular complexity index is 1370. The van der Waals surface area contributed by atoms with E-state index in [1.165, 1.54) is 59.9 Å². The lowest BCUT2D eigenvalue weighted by molar-refractivity contribution is 0.667. The number of aryl methyl sites for hydroxylation is 1. The molecule has 1 aromatic heterocycles. The summed E-state index contributed by atoms with van der Waals surface area (Å²) >= 11 is 0. The summed E-state index contributed by atoms with van der Waals surface area (Å²) in [5.41, 5.74) is 9.55. The number of hydrogen-bond acceptors (Lipinski definition) is 1. The SMILES string of the molecule is C.CC.CCCCCCc1ccc(-c2cccc(-c3ccc4cc(-c5ccccc5)ccc4n3)c2)cc1. The molecule has 0 spiro atoms. The van der Waals surface area contributed by atoms with Crippen LogP contribution in [-0.2, 0) is 6.42 Å². The van der Waals surface area contributed by atoms with Crippen molar-refractivity contribution in [2.45, 2.75) is 60.3 Å². The first-order chi connectivity index (χ1) is 17.8. The zero-order chi connectivity index (χ0) is 25.2. The molecule has 0 fully saturated rings. The van der Waals surface area contributed by atoms with Crippen LogP contribution in [0.5, 0.6) is 0 Å². The third kappa shape index (κ3) is 7.17. The summed E-state index contributed by atoms with van der Waals surface area (Å²) in [7, 11) is 0. The Labute approximate surface area is 224 Å². The fourth-order valence-corrected chi connectivity index (χ4v) is 4.57. The van der Waals surface area contributed by atoms with Crippen LogP contribution in [0.25, 0.3) is 44.4 Å². The smallest absolute Gasteiger partial charge is 0.0709 e. The summed E-state index contributed by atoms with van der Waals surface area (Å²) < 4.78 is 0. The summed E-state index contributed by atoms with van der Waals surface area (Å²) in [4.78, 5) is 4.98. The molecule has 1 heteroatoms. The van der Waals surface area contributed by atoms with Crippen molar-refractivity contribution >= 4 is 10.9 Å². The lowest BCUT2D eigenvalue weighted by Gasteiger charge is -2.09. The predicted octanol–water partition coefficient (Wildman–Crippen LogP) is 11.0. The van der Waals surface area contributed by atoms with Crippen LogP contribution in [0.1, 0.15) is 59.4 Å². The maximum Gasteiger partial charge on any atom is 0.0709 e. The van der Waals surface area contributed by atoms with E-state index in [1.807, 2.05) is 13.8 Å². The first-order valence-electron chi connectivity index (χ1n) is 13.5. The van der Waals surface area contributed by atoms with Gasteiger partial charge in [-0.25, -0.2) is 4.98 Å². The molecule has 190 valence electrons. The molecule has 0 saturated heterocycles. The second kappa shape index (κ2) is 14.1. The summed E-state index contributed by atoms with van der Waals surface area (Å²) in [6.07, 6.45) is 6.40. The number of benzene rings is 4.